The molecule has 2 aliphatic rings. The summed E-state index contributed by atoms with van der Waals surface area (Å²) >= 11 is 1.87. The predicted molar refractivity (Wildman–Crippen MR) is 263 cm³/mol. The minimum atomic E-state index is -0.501. The van der Waals surface area contributed by atoms with Gasteiger partial charge < -0.3 is 0 Å². The van der Waals surface area contributed by atoms with Gasteiger partial charge in [-0.3, -0.25) is 0 Å². The van der Waals surface area contributed by atoms with Gasteiger partial charge in [0.15, 0.2) is 5.82 Å². The lowest BCUT2D eigenvalue weighted by Gasteiger charge is -2.39. The van der Waals surface area contributed by atoms with Crippen molar-refractivity contribution < 1.29 is 0 Å². The summed E-state index contributed by atoms with van der Waals surface area (Å²) in [6, 6.07) is 80.8. The molecule has 1 aliphatic carbocycles. The summed E-state index contributed by atoms with van der Waals surface area (Å²) < 4.78 is 0. The molecular formula is C60H37N3S. The van der Waals surface area contributed by atoms with E-state index >= 15 is 0 Å². The lowest BCUT2D eigenvalue weighted by atomic mass is 9.67. The van der Waals surface area contributed by atoms with Crippen LogP contribution >= 0.6 is 11.8 Å². The Morgan fingerprint density at radius 1 is 0.344 bits per heavy atom. The number of hydrogen-bond donors (Lipinski definition) is 0. The molecule has 13 rings (SSSR count). The molecule has 0 bridgehead atoms. The Morgan fingerprint density at radius 2 is 0.906 bits per heavy atom. The van der Waals surface area contributed by atoms with E-state index in [0.29, 0.717) is 5.82 Å². The van der Waals surface area contributed by atoms with Gasteiger partial charge in [0.25, 0.3) is 0 Å². The Hall–Kier alpha value is -7.92. The Bertz CT molecular complexity index is 3590. The van der Waals surface area contributed by atoms with Crippen LogP contribution in [0, 0.1) is 0 Å². The molecule has 3 nitrogen and oxygen atoms in total. The molecule has 0 radical (unpaired) electrons. The van der Waals surface area contributed by atoms with E-state index in [2.05, 4.69) is 206 Å². The van der Waals surface area contributed by atoms with Gasteiger partial charge in [-0.2, -0.15) is 0 Å². The van der Waals surface area contributed by atoms with E-state index in [1.807, 2.05) is 30.0 Å². The molecule has 0 saturated carbocycles. The van der Waals surface area contributed by atoms with E-state index in [0.717, 1.165) is 61.2 Å². The number of nitrogens with zero attached hydrogens (tertiary/aromatic N) is 3. The summed E-state index contributed by atoms with van der Waals surface area (Å²) in [4.78, 5) is 18.6. The lowest BCUT2D eigenvalue weighted by Crippen LogP contribution is -2.31. The first-order chi connectivity index (χ1) is 31.7. The van der Waals surface area contributed by atoms with Gasteiger partial charge in [0.05, 0.1) is 28.0 Å². The molecule has 298 valence electrons. The van der Waals surface area contributed by atoms with Crippen LogP contribution in [0.4, 0.5) is 0 Å². The van der Waals surface area contributed by atoms with Crippen LogP contribution in [0.3, 0.4) is 0 Å². The molecular weight excluding hydrogens is 795 g/mol. The maximum atomic E-state index is 5.50. The van der Waals surface area contributed by atoms with E-state index in [-0.39, 0.29) is 0 Å². The Kier molecular flexibility index (Phi) is 8.37. The highest BCUT2D eigenvalue weighted by Crippen LogP contribution is 2.63. The minimum absolute atomic E-state index is 0.501. The summed E-state index contributed by atoms with van der Waals surface area (Å²) in [5.74, 6) is 0.685. The lowest BCUT2D eigenvalue weighted by molar-refractivity contribution is 0.723. The molecule has 0 atom stereocenters. The van der Waals surface area contributed by atoms with Crippen molar-refractivity contribution in [3.63, 3.8) is 0 Å². The van der Waals surface area contributed by atoms with Gasteiger partial charge in [-0.15, -0.1) is 0 Å². The third-order valence-corrected chi connectivity index (χ3v) is 14.3. The van der Waals surface area contributed by atoms with Crippen molar-refractivity contribution in [2.24, 2.45) is 0 Å². The van der Waals surface area contributed by atoms with E-state index < -0.39 is 5.41 Å². The van der Waals surface area contributed by atoms with Gasteiger partial charge in [-0.05, 0) is 80.9 Å². The minimum Gasteiger partial charge on any atom is -0.247 e. The van der Waals surface area contributed by atoms with Crippen LogP contribution in [-0.2, 0) is 5.41 Å². The average Bonchev–Trinajstić information content (AvgIpc) is 3.67. The number of pyridine rings is 1. The zero-order chi connectivity index (χ0) is 42.2. The molecule has 4 heteroatoms. The van der Waals surface area contributed by atoms with Crippen LogP contribution in [0.25, 0.3) is 89.1 Å². The largest absolute Gasteiger partial charge is 0.247 e. The second-order valence-corrected chi connectivity index (χ2v) is 17.7. The van der Waals surface area contributed by atoms with Gasteiger partial charge in [-0.25, -0.2) is 15.0 Å². The number of hydrogen-bond acceptors (Lipinski definition) is 4. The van der Waals surface area contributed by atoms with E-state index in [1.165, 1.54) is 54.1 Å². The molecule has 9 aromatic carbocycles. The van der Waals surface area contributed by atoms with Crippen molar-refractivity contribution in [3.05, 3.63) is 247 Å². The fourth-order valence-electron chi connectivity index (χ4n) is 10.4. The highest BCUT2D eigenvalue weighted by molar-refractivity contribution is 7.99. The van der Waals surface area contributed by atoms with E-state index in [9.17, 15) is 0 Å². The SMILES string of the molecule is c1ccc(-c2cccc(-c3cc(-c4ccc5nc(-c6ccccc6)c6ccc7c(c6c5c4)-c4ccccc4C74c5ccccc5Sc5ccccc54)nc(-c4ccccc4)n3)c2)cc1. The average molecular weight is 832 g/mol. The summed E-state index contributed by atoms with van der Waals surface area (Å²) in [6.45, 7) is 0. The van der Waals surface area contributed by atoms with Crippen LogP contribution in [0.5, 0.6) is 0 Å². The highest BCUT2D eigenvalue weighted by atomic mass is 32.2. The van der Waals surface area contributed by atoms with Gasteiger partial charge in [-0.1, -0.05) is 200 Å². The highest BCUT2D eigenvalue weighted by Gasteiger charge is 2.50. The van der Waals surface area contributed by atoms with E-state index in [4.69, 9.17) is 15.0 Å². The Labute approximate surface area is 375 Å². The fraction of sp³-hybridized carbons (Fsp3) is 0.0167. The van der Waals surface area contributed by atoms with Crippen molar-refractivity contribution in [3.8, 4) is 67.4 Å². The molecule has 0 unspecified atom stereocenters. The summed E-state index contributed by atoms with van der Waals surface area (Å²) in [7, 11) is 0. The molecule has 1 aliphatic heterocycles. The second-order valence-electron chi connectivity index (χ2n) is 16.6. The van der Waals surface area contributed by atoms with Crippen LogP contribution in [0.15, 0.2) is 234 Å². The van der Waals surface area contributed by atoms with Crippen molar-refractivity contribution in [2.45, 2.75) is 15.2 Å². The first-order valence-electron chi connectivity index (χ1n) is 21.8. The fourth-order valence-corrected chi connectivity index (χ4v) is 11.6. The third-order valence-electron chi connectivity index (χ3n) is 13.1. The molecule has 1 spiro atoms. The van der Waals surface area contributed by atoms with Crippen LogP contribution < -0.4 is 0 Å². The summed E-state index contributed by atoms with van der Waals surface area (Å²) in [5.41, 5.74) is 17.3. The normalized spacial score (nSPS) is 13.1. The quantitative estimate of drug-likeness (QED) is 0.162. The van der Waals surface area contributed by atoms with Crippen LogP contribution in [0.1, 0.15) is 22.3 Å². The van der Waals surface area contributed by atoms with Crippen LogP contribution in [0.2, 0.25) is 0 Å². The number of benzene rings is 9. The first-order valence-corrected chi connectivity index (χ1v) is 22.6. The summed E-state index contributed by atoms with van der Waals surface area (Å²) in [5, 5.41) is 3.42. The Balaban J connectivity index is 1.11. The molecule has 2 aromatic heterocycles. The van der Waals surface area contributed by atoms with Crippen molar-refractivity contribution in [1.29, 1.82) is 0 Å². The van der Waals surface area contributed by atoms with Gasteiger partial charge >= 0.3 is 0 Å². The number of fused-ring (bicyclic) bond motifs is 13. The predicted octanol–water partition coefficient (Wildman–Crippen LogP) is 15.3. The van der Waals surface area contributed by atoms with Crippen molar-refractivity contribution in [2.75, 3.05) is 0 Å². The molecule has 11 aromatic rings. The maximum absolute atomic E-state index is 5.50. The zero-order valence-electron chi connectivity index (χ0n) is 34.6. The van der Waals surface area contributed by atoms with Crippen LogP contribution in [-0.4, -0.2) is 15.0 Å². The van der Waals surface area contributed by atoms with Gasteiger partial charge in [0.2, 0.25) is 0 Å². The first kappa shape index (κ1) is 36.7. The molecule has 0 N–H and O–H groups in total. The second kappa shape index (κ2) is 14.6. The van der Waals surface area contributed by atoms with Crippen molar-refractivity contribution in [1.82, 2.24) is 15.0 Å². The Morgan fingerprint density at radius 3 is 1.61 bits per heavy atom. The number of rotatable bonds is 5. The van der Waals surface area contributed by atoms with E-state index in [1.54, 1.807) is 0 Å². The molecule has 3 heterocycles. The van der Waals surface area contributed by atoms with Crippen molar-refractivity contribution >= 4 is 33.4 Å². The number of aromatic nitrogens is 3. The topological polar surface area (TPSA) is 38.7 Å². The van der Waals surface area contributed by atoms with Gasteiger partial charge in [0, 0.05) is 48.2 Å². The maximum Gasteiger partial charge on any atom is 0.160 e. The smallest absolute Gasteiger partial charge is 0.160 e. The monoisotopic (exact) mass is 831 g/mol. The summed E-state index contributed by atoms with van der Waals surface area (Å²) in [6.07, 6.45) is 0. The molecule has 0 fully saturated rings. The zero-order valence-corrected chi connectivity index (χ0v) is 35.4. The van der Waals surface area contributed by atoms with Gasteiger partial charge in [0.1, 0.15) is 0 Å². The standard InChI is InChI=1S/C60H37N3S/c1-4-17-38(18-5-1)41-23-16-24-42(35-41)52-37-53(63-59(62-52)40-21-8-3-9-22-40)43-31-34-51-46(36-43)56-45(58(61-51)39-19-6-2-7-20-39)32-33-50-57(56)44-25-10-11-26-47(44)60(50)48-27-12-14-29-54(48)64-55-30-15-13-28-49(55)60/h1-37H. The molecule has 0 amide bonds. The molecule has 0 saturated heterocycles. The third kappa shape index (κ3) is 5.59. The molecule has 64 heavy (non-hydrogen) atoms.